The van der Waals surface area contributed by atoms with Gasteiger partial charge in [0.15, 0.2) is 0 Å². The molecule has 1 aromatic carbocycles. The van der Waals surface area contributed by atoms with Crippen LogP contribution in [0.1, 0.15) is 37.7 Å². The number of aliphatic hydroxyl groups is 1. The molecule has 0 aliphatic heterocycles. The molecule has 1 saturated carbocycles. The van der Waals surface area contributed by atoms with E-state index >= 15 is 0 Å². The molecule has 18 heavy (non-hydrogen) atoms. The van der Waals surface area contributed by atoms with Gasteiger partial charge in [0.1, 0.15) is 5.82 Å². The van der Waals surface area contributed by atoms with E-state index in [0.29, 0.717) is 5.92 Å². The van der Waals surface area contributed by atoms with Crippen molar-refractivity contribution in [3.8, 4) is 0 Å². The van der Waals surface area contributed by atoms with Gasteiger partial charge < -0.3 is 5.11 Å². The molecule has 0 aromatic heterocycles. The van der Waals surface area contributed by atoms with Crippen LogP contribution in [-0.2, 0) is 0 Å². The van der Waals surface area contributed by atoms with Gasteiger partial charge in [-0.3, -0.25) is 0 Å². The monoisotopic (exact) mass is 312 g/mol. The summed E-state index contributed by atoms with van der Waals surface area (Å²) in [5.74, 6) is 0.239. The number of rotatable bonds is 3. The Kier molecular flexibility index (Phi) is 4.95. The quantitative estimate of drug-likeness (QED) is 0.868. The lowest BCUT2D eigenvalue weighted by Gasteiger charge is -2.23. The normalized spacial score (nSPS) is 18.1. The van der Waals surface area contributed by atoms with Crippen LogP contribution in [0.2, 0.25) is 0 Å². The third-order valence-corrected chi connectivity index (χ3v) is 4.30. The topological polar surface area (TPSA) is 20.2 Å². The van der Waals surface area contributed by atoms with Crippen LogP contribution in [0.4, 0.5) is 4.39 Å². The zero-order chi connectivity index (χ0) is 13.0. The highest BCUT2D eigenvalue weighted by atomic mass is 79.9. The summed E-state index contributed by atoms with van der Waals surface area (Å²) in [6, 6.07) is 4.66. The minimum Gasteiger partial charge on any atom is -0.392 e. The molecule has 3 heteroatoms. The summed E-state index contributed by atoms with van der Waals surface area (Å²) in [6.07, 6.45) is 8.10. The van der Waals surface area contributed by atoms with Gasteiger partial charge in [-0.05, 0) is 42.0 Å². The van der Waals surface area contributed by atoms with Crippen molar-refractivity contribution in [1.29, 1.82) is 0 Å². The van der Waals surface area contributed by atoms with Gasteiger partial charge in [0, 0.05) is 4.47 Å². The van der Waals surface area contributed by atoms with Gasteiger partial charge >= 0.3 is 0 Å². The van der Waals surface area contributed by atoms with E-state index in [1.807, 2.05) is 6.08 Å². The fourth-order valence-electron chi connectivity index (χ4n) is 2.58. The van der Waals surface area contributed by atoms with Crippen molar-refractivity contribution in [1.82, 2.24) is 0 Å². The van der Waals surface area contributed by atoms with Crippen LogP contribution in [0.25, 0.3) is 6.08 Å². The maximum Gasteiger partial charge on any atom is 0.124 e. The van der Waals surface area contributed by atoms with Gasteiger partial charge in [-0.15, -0.1) is 0 Å². The molecular weight excluding hydrogens is 295 g/mol. The summed E-state index contributed by atoms with van der Waals surface area (Å²) >= 11 is 3.36. The Morgan fingerprint density at radius 3 is 2.67 bits per heavy atom. The molecule has 1 aromatic rings. The second-order valence-corrected chi connectivity index (χ2v) is 5.73. The summed E-state index contributed by atoms with van der Waals surface area (Å²) in [7, 11) is 0. The van der Waals surface area contributed by atoms with Crippen LogP contribution < -0.4 is 0 Å². The van der Waals surface area contributed by atoms with Crippen LogP contribution in [0.5, 0.6) is 0 Å². The highest BCUT2D eigenvalue weighted by molar-refractivity contribution is 9.10. The lowest BCUT2D eigenvalue weighted by atomic mass is 9.83. The number of hydrogen-bond donors (Lipinski definition) is 1. The molecule has 1 aliphatic rings. The van der Waals surface area contributed by atoms with E-state index < -0.39 is 0 Å². The smallest absolute Gasteiger partial charge is 0.124 e. The lowest BCUT2D eigenvalue weighted by Crippen LogP contribution is -2.11. The Morgan fingerprint density at radius 1 is 1.33 bits per heavy atom. The van der Waals surface area contributed by atoms with Crippen LogP contribution in [0, 0.1) is 11.7 Å². The van der Waals surface area contributed by atoms with Crippen molar-refractivity contribution in [2.24, 2.45) is 5.92 Å². The molecular formula is C15H18BrFO. The van der Waals surface area contributed by atoms with Gasteiger partial charge in [0.2, 0.25) is 0 Å². The second-order valence-electron chi connectivity index (χ2n) is 4.88. The van der Waals surface area contributed by atoms with E-state index in [2.05, 4.69) is 15.9 Å². The summed E-state index contributed by atoms with van der Waals surface area (Å²) in [6.45, 7) is 0.0917. The van der Waals surface area contributed by atoms with Gasteiger partial charge in [-0.25, -0.2) is 4.39 Å². The van der Waals surface area contributed by atoms with Crippen molar-refractivity contribution >= 4 is 22.0 Å². The molecule has 0 spiro atoms. The Labute approximate surface area is 116 Å². The maximum atomic E-state index is 13.0. The van der Waals surface area contributed by atoms with Gasteiger partial charge in [-0.2, -0.15) is 0 Å². The molecule has 0 saturated heterocycles. The fraction of sp³-hybridized carbons (Fsp3) is 0.467. The number of aliphatic hydroxyl groups excluding tert-OH is 1. The van der Waals surface area contributed by atoms with E-state index in [0.717, 1.165) is 28.5 Å². The predicted molar refractivity (Wildman–Crippen MR) is 75.7 cm³/mol. The van der Waals surface area contributed by atoms with E-state index in [1.54, 1.807) is 6.07 Å². The van der Waals surface area contributed by atoms with Crippen molar-refractivity contribution < 1.29 is 9.50 Å². The molecule has 1 nitrogen and oxygen atoms in total. The highest BCUT2D eigenvalue weighted by Crippen LogP contribution is 2.31. The molecule has 0 bridgehead atoms. The van der Waals surface area contributed by atoms with Crippen molar-refractivity contribution in [2.75, 3.05) is 6.61 Å². The molecule has 98 valence electrons. The summed E-state index contributed by atoms with van der Waals surface area (Å²) in [5, 5.41) is 9.53. The molecule has 0 amide bonds. The fourth-order valence-corrected chi connectivity index (χ4v) is 3.05. The van der Waals surface area contributed by atoms with E-state index in [9.17, 15) is 9.50 Å². The Bertz CT molecular complexity index is 436. The molecule has 0 heterocycles. The second kappa shape index (κ2) is 6.48. The first-order chi connectivity index (χ1) is 8.70. The zero-order valence-electron chi connectivity index (χ0n) is 10.3. The molecule has 2 rings (SSSR count). The first-order valence-corrected chi connectivity index (χ1v) is 7.26. The standard InChI is InChI=1S/C15H18BrFO/c16-15-9-14(17)7-6-12(15)8-13(10-18)11-4-2-1-3-5-11/h6-9,11,18H,1-5,10H2/b13-8-. The van der Waals surface area contributed by atoms with Crippen molar-refractivity contribution in [3.63, 3.8) is 0 Å². The summed E-state index contributed by atoms with van der Waals surface area (Å²) in [4.78, 5) is 0. The Hall–Kier alpha value is -0.670. The predicted octanol–water partition coefficient (Wildman–Crippen LogP) is 4.54. The van der Waals surface area contributed by atoms with Crippen LogP contribution >= 0.6 is 15.9 Å². The van der Waals surface area contributed by atoms with Gasteiger partial charge in [0.05, 0.1) is 6.61 Å². The van der Waals surface area contributed by atoms with Crippen molar-refractivity contribution in [2.45, 2.75) is 32.1 Å². The van der Waals surface area contributed by atoms with Crippen LogP contribution in [-0.4, -0.2) is 11.7 Å². The third kappa shape index (κ3) is 3.42. The minimum absolute atomic E-state index is 0.0917. The highest BCUT2D eigenvalue weighted by Gasteiger charge is 2.17. The number of hydrogen-bond acceptors (Lipinski definition) is 1. The van der Waals surface area contributed by atoms with E-state index in [-0.39, 0.29) is 12.4 Å². The maximum absolute atomic E-state index is 13.0. The van der Waals surface area contributed by atoms with Crippen molar-refractivity contribution in [3.05, 3.63) is 39.6 Å². The minimum atomic E-state index is -0.248. The van der Waals surface area contributed by atoms with Crippen LogP contribution in [0.15, 0.2) is 28.2 Å². The van der Waals surface area contributed by atoms with Gasteiger partial charge in [-0.1, -0.05) is 47.3 Å². The van der Waals surface area contributed by atoms with Crippen LogP contribution in [0.3, 0.4) is 0 Å². The molecule has 0 unspecified atom stereocenters. The largest absolute Gasteiger partial charge is 0.392 e. The summed E-state index contributed by atoms with van der Waals surface area (Å²) < 4.78 is 13.8. The molecule has 1 aliphatic carbocycles. The zero-order valence-corrected chi connectivity index (χ0v) is 11.9. The average molecular weight is 313 g/mol. The first kappa shape index (κ1) is 13.8. The molecule has 0 radical (unpaired) electrons. The number of benzene rings is 1. The average Bonchev–Trinajstić information content (AvgIpc) is 2.39. The van der Waals surface area contributed by atoms with E-state index in [4.69, 9.17) is 0 Å². The molecule has 1 N–H and O–H groups in total. The SMILES string of the molecule is OC/C(=C/c1ccc(F)cc1Br)C1CCCCC1. The summed E-state index contributed by atoms with van der Waals surface area (Å²) in [5.41, 5.74) is 2.01. The van der Waals surface area contributed by atoms with Gasteiger partial charge in [0.25, 0.3) is 0 Å². The Balaban J connectivity index is 2.22. The third-order valence-electron chi connectivity index (χ3n) is 3.62. The molecule has 0 atom stereocenters. The first-order valence-electron chi connectivity index (χ1n) is 6.47. The lowest BCUT2D eigenvalue weighted by molar-refractivity contribution is 0.295. The molecule has 1 fully saturated rings. The van der Waals surface area contributed by atoms with E-state index in [1.165, 1.54) is 31.4 Å². The number of halogens is 2. The Morgan fingerprint density at radius 2 is 2.06 bits per heavy atom.